The minimum Gasteiger partial charge on any atom is -0.332 e. The van der Waals surface area contributed by atoms with E-state index in [1.54, 1.807) is 0 Å². The second-order valence-corrected chi connectivity index (χ2v) is 10.4. The van der Waals surface area contributed by atoms with Crippen molar-refractivity contribution in [3.8, 4) is 11.3 Å². The molecule has 192 valence electrons. The number of benzene rings is 2. The molecule has 1 unspecified atom stereocenters. The second kappa shape index (κ2) is 12.5. The van der Waals surface area contributed by atoms with Gasteiger partial charge in [-0.3, -0.25) is 4.79 Å². The first kappa shape index (κ1) is 26.4. The Balaban J connectivity index is 1.78. The van der Waals surface area contributed by atoms with Crippen molar-refractivity contribution in [3.05, 3.63) is 77.2 Å². The van der Waals surface area contributed by atoms with Gasteiger partial charge in [-0.1, -0.05) is 67.9 Å². The molecule has 0 aliphatic carbocycles. The molecule has 7 heteroatoms. The Morgan fingerprint density at radius 3 is 2.58 bits per heavy atom. The molecule has 2 heterocycles. The zero-order valence-electron chi connectivity index (χ0n) is 21.4. The van der Waals surface area contributed by atoms with Crippen LogP contribution in [-0.4, -0.2) is 46.5 Å². The van der Waals surface area contributed by atoms with E-state index < -0.39 is 0 Å². The molecule has 1 fully saturated rings. The molecule has 0 radical (unpaired) electrons. The molecule has 6 nitrogen and oxygen atoms in total. The van der Waals surface area contributed by atoms with Crippen molar-refractivity contribution >= 4 is 17.5 Å². The van der Waals surface area contributed by atoms with Gasteiger partial charge < -0.3 is 20.5 Å². The number of rotatable bonds is 10. The van der Waals surface area contributed by atoms with Gasteiger partial charge in [0.25, 0.3) is 0 Å². The van der Waals surface area contributed by atoms with Crippen molar-refractivity contribution in [2.45, 2.75) is 45.7 Å². The number of amides is 1. The zero-order valence-corrected chi connectivity index (χ0v) is 22.1. The molecule has 3 aromatic rings. The highest BCUT2D eigenvalue weighted by molar-refractivity contribution is 6.30. The molecular formula is C29H38ClN5O. The van der Waals surface area contributed by atoms with Crippen LogP contribution >= 0.6 is 11.6 Å². The Labute approximate surface area is 219 Å². The molecule has 4 rings (SSSR count). The summed E-state index contributed by atoms with van der Waals surface area (Å²) in [5.41, 5.74) is 8.94. The number of carbonyl (C=O) groups is 1. The first-order chi connectivity index (χ1) is 17.5. The number of nitrogens with two attached hydrogens (primary N) is 1. The number of carbonyl (C=O) groups excluding carboxylic acids is 1. The minimum atomic E-state index is -0.157. The van der Waals surface area contributed by atoms with Crippen LogP contribution in [0.1, 0.15) is 50.5 Å². The highest BCUT2D eigenvalue weighted by Gasteiger charge is 2.35. The third-order valence-electron chi connectivity index (χ3n) is 6.93. The highest BCUT2D eigenvalue weighted by Crippen LogP contribution is 2.34. The quantitative estimate of drug-likeness (QED) is 0.399. The van der Waals surface area contributed by atoms with E-state index in [-0.39, 0.29) is 23.8 Å². The Morgan fingerprint density at radius 1 is 1.17 bits per heavy atom. The maximum atomic E-state index is 13.9. The summed E-state index contributed by atoms with van der Waals surface area (Å²) in [7, 11) is 0. The van der Waals surface area contributed by atoms with Crippen molar-refractivity contribution < 1.29 is 4.79 Å². The molecule has 2 aromatic carbocycles. The van der Waals surface area contributed by atoms with Crippen LogP contribution in [0.25, 0.3) is 11.3 Å². The number of hydrogen-bond donors (Lipinski definition) is 2. The summed E-state index contributed by atoms with van der Waals surface area (Å²) in [5.74, 6) is 1.35. The molecule has 1 atom stereocenters. The van der Waals surface area contributed by atoms with E-state index in [0.717, 1.165) is 49.4 Å². The average molecular weight is 508 g/mol. The third-order valence-corrected chi connectivity index (χ3v) is 7.17. The molecule has 0 bridgehead atoms. The summed E-state index contributed by atoms with van der Waals surface area (Å²) in [5, 5.41) is 4.06. The van der Waals surface area contributed by atoms with E-state index >= 15 is 0 Å². The molecule has 1 saturated heterocycles. The highest BCUT2D eigenvalue weighted by atomic mass is 35.5. The van der Waals surface area contributed by atoms with Gasteiger partial charge in [-0.25, -0.2) is 4.98 Å². The van der Waals surface area contributed by atoms with E-state index in [9.17, 15) is 4.79 Å². The van der Waals surface area contributed by atoms with Crippen LogP contribution in [-0.2, 0) is 11.3 Å². The maximum Gasteiger partial charge on any atom is 0.226 e. The van der Waals surface area contributed by atoms with Gasteiger partial charge in [0.1, 0.15) is 5.82 Å². The van der Waals surface area contributed by atoms with Gasteiger partial charge >= 0.3 is 0 Å². The summed E-state index contributed by atoms with van der Waals surface area (Å²) in [6.45, 7) is 7.98. The molecule has 1 amide bonds. The monoisotopic (exact) mass is 507 g/mol. The number of nitrogens with zero attached hydrogens (tertiary/aromatic N) is 3. The Morgan fingerprint density at radius 2 is 1.92 bits per heavy atom. The molecule has 0 saturated carbocycles. The van der Waals surface area contributed by atoms with Gasteiger partial charge in [0, 0.05) is 35.8 Å². The Bertz CT molecular complexity index is 1120. The van der Waals surface area contributed by atoms with Crippen molar-refractivity contribution in [3.63, 3.8) is 0 Å². The van der Waals surface area contributed by atoms with Gasteiger partial charge in [0.15, 0.2) is 0 Å². The number of imidazole rings is 1. The second-order valence-electron chi connectivity index (χ2n) is 10.00. The zero-order chi connectivity index (χ0) is 25.5. The summed E-state index contributed by atoms with van der Waals surface area (Å²) in [4.78, 5) is 21.1. The van der Waals surface area contributed by atoms with Crippen LogP contribution in [0.2, 0.25) is 5.02 Å². The maximum absolute atomic E-state index is 13.9. The van der Waals surface area contributed by atoms with Gasteiger partial charge in [-0.15, -0.1) is 0 Å². The van der Waals surface area contributed by atoms with Crippen molar-refractivity contribution in [2.24, 2.45) is 17.6 Å². The van der Waals surface area contributed by atoms with Crippen molar-refractivity contribution in [1.82, 2.24) is 19.8 Å². The summed E-state index contributed by atoms with van der Waals surface area (Å²) in [6.07, 6.45) is 4.60. The van der Waals surface area contributed by atoms with Gasteiger partial charge in [0.05, 0.1) is 11.7 Å². The minimum absolute atomic E-state index is 0.0372. The van der Waals surface area contributed by atoms with Crippen LogP contribution in [0.4, 0.5) is 0 Å². The molecule has 1 aliphatic heterocycles. The third kappa shape index (κ3) is 6.36. The Kier molecular flexibility index (Phi) is 9.19. The number of hydrogen-bond acceptors (Lipinski definition) is 4. The average Bonchev–Trinajstić information content (AvgIpc) is 3.30. The van der Waals surface area contributed by atoms with Crippen LogP contribution in [0, 0.1) is 11.8 Å². The van der Waals surface area contributed by atoms with Gasteiger partial charge in [0.2, 0.25) is 5.91 Å². The van der Waals surface area contributed by atoms with Gasteiger partial charge in [-0.05, 0) is 62.5 Å². The first-order valence-electron chi connectivity index (χ1n) is 13.1. The lowest BCUT2D eigenvalue weighted by Gasteiger charge is -2.37. The fraction of sp³-hybridized carbons (Fsp3) is 0.448. The predicted octanol–water partition coefficient (Wildman–Crippen LogP) is 5.13. The number of nitrogens with one attached hydrogen (secondary N) is 1. The number of piperidine rings is 1. The van der Waals surface area contributed by atoms with E-state index in [1.165, 1.54) is 5.56 Å². The largest absolute Gasteiger partial charge is 0.332 e. The summed E-state index contributed by atoms with van der Waals surface area (Å²) < 4.78 is 2.21. The molecule has 0 spiro atoms. The lowest BCUT2D eigenvalue weighted by atomic mass is 9.93. The van der Waals surface area contributed by atoms with Gasteiger partial charge in [-0.2, -0.15) is 0 Å². The molecule has 36 heavy (non-hydrogen) atoms. The first-order valence-corrected chi connectivity index (χ1v) is 13.4. The van der Waals surface area contributed by atoms with E-state index in [2.05, 4.69) is 59.1 Å². The lowest BCUT2D eigenvalue weighted by Crippen LogP contribution is -2.45. The smallest absolute Gasteiger partial charge is 0.226 e. The molecular weight excluding hydrogens is 470 g/mol. The number of aromatic nitrogens is 2. The fourth-order valence-corrected chi connectivity index (χ4v) is 5.30. The topological polar surface area (TPSA) is 76.2 Å². The standard InChI is InChI=1S/C29H38ClN5O/c1-21(2)27(35(17-7-14-31)29(36)23-12-15-32-16-13-23)28-33-26(24-10-6-11-25(30)18-24)20-34(28)19-22-8-4-3-5-9-22/h3-6,8-11,18,20-21,23,27,32H,7,12-17,19,31H2,1-2H3. The predicted molar refractivity (Wildman–Crippen MR) is 147 cm³/mol. The van der Waals surface area contributed by atoms with E-state index in [4.69, 9.17) is 22.3 Å². The molecule has 1 aromatic heterocycles. The van der Waals surface area contributed by atoms with Crippen LogP contribution in [0.3, 0.4) is 0 Å². The normalized spacial score (nSPS) is 15.2. The lowest BCUT2D eigenvalue weighted by molar-refractivity contribution is -0.140. The van der Waals surface area contributed by atoms with Crippen LogP contribution < -0.4 is 11.1 Å². The fourth-order valence-electron chi connectivity index (χ4n) is 5.11. The van der Waals surface area contributed by atoms with Crippen LogP contribution in [0.15, 0.2) is 60.8 Å². The SMILES string of the molecule is CC(C)C(c1nc(-c2cccc(Cl)c2)cn1Cc1ccccc1)N(CCCN)C(=O)C1CCNCC1. The van der Waals surface area contributed by atoms with E-state index in [0.29, 0.717) is 24.7 Å². The van der Waals surface area contributed by atoms with E-state index in [1.807, 2.05) is 30.3 Å². The molecule has 3 N–H and O–H groups in total. The summed E-state index contributed by atoms with van der Waals surface area (Å²) in [6, 6.07) is 18.0. The van der Waals surface area contributed by atoms with Crippen molar-refractivity contribution in [2.75, 3.05) is 26.2 Å². The molecule has 1 aliphatic rings. The number of halogens is 1. The summed E-state index contributed by atoms with van der Waals surface area (Å²) >= 11 is 6.31. The van der Waals surface area contributed by atoms with Crippen molar-refractivity contribution in [1.29, 1.82) is 0 Å². The Hall–Kier alpha value is -2.67. The van der Waals surface area contributed by atoms with Crippen LogP contribution in [0.5, 0.6) is 0 Å².